The number of allylic oxidation sites excluding steroid dienone is 1. The number of fused-ring (bicyclic) bond motifs is 1. The van der Waals surface area contributed by atoms with Gasteiger partial charge in [0, 0.05) is 31.3 Å². The highest BCUT2D eigenvalue weighted by atomic mass is 16.8. The second-order valence-corrected chi connectivity index (χ2v) is 4.95. The molecule has 0 saturated carbocycles. The van der Waals surface area contributed by atoms with E-state index in [2.05, 4.69) is 24.1 Å². The van der Waals surface area contributed by atoms with Gasteiger partial charge in [0.2, 0.25) is 0 Å². The molecule has 0 spiro atoms. The number of hydrogen-bond donors (Lipinski definition) is 0. The molecule has 0 bridgehead atoms. The summed E-state index contributed by atoms with van der Waals surface area (Å²) in [6.07, 6.45) is 9.56. The second-order valence-electron chi connectivity index (χ2n) is 4.95. The number of epoxide rings is 1. The van der Waals surface area contributed by atoms with Gasteiger partial charge in [0.15, 0.2) is 6.29 Å². The molecule has 0 aromatic carbocycles. The molecule has 2 saturated heterocycles. The second kappa shape index (κ2) is 4.27. The third-order valence-corrected chi connectivity index (χ3v) is 3.76. The molecule has 2 aliphatic rings. The maximum atomic E-state index is 5.56. The van der Waals surface area contributed by atoms with Crippen molar-refractivity contribution < 1.29 is 9.47 Å². The minimum atomic E-state index is 0.0896. The van der Waals surface area contributed by atoms with E-state index in [9.17, 15) is 0 Å². The van der Waals surface area contributed by atoms with Gasteiger partial charge in [-0.1, -0.05) is 19.1 Å². The molecule has 1 aromatic rings. The summed E-state index contributed by atoms with van der Waals surface area (Å²) in [5.41, 5.74) is 1.23. The maximum absolute atomic E-state index is 5.56. The molecule has 3 heterocycles. The third kappa shape index (κ3) is 2.15. The van der Waals surface area contributed by atoms with Crippen molar-refractivity contribution in [3.05, 3.63) is 30.4 Å². The third-order valence-electron chi connectivity index (χ3n) is 3.76. The molecule has 4 heteroatoms. The Morgan fingerprint density at radius 1 is 1.59 bits per heavy atom. The Morgan fingerprint density at radius 2 is 2.47 bits per heavy atom. The van der Waals surface area contributed by atoms with Gasteiger partial charge in [-0.25, -0.2) is 4.98 Å². The average Bonchev–Trinajstić information content (AvgIpc) is 3.01. The Labute approximate surface area is 101 Å². The number of ether oxygens (including phenoxy) is 2. The highest BCUT2D eigenvalue weighted by molar-refractivity contribution is 5.07. The van der Waals surface area contributed by atoms with Gasteiger partial charge < -0.3 is 14.0 Å². The zero-order chi connectivity index (χ0) is 11.8. The number of nitrogens with zero attached hydrogens (tertiary/aromatic N) is 2. The van der Waals surface area contributed by atoms with Crippen molar-refractivity contribution >= 4 is 0 Å². The summed E-state index contributed by atoms with van der Waals surface area (Å²) < 4.78 is 13.0. The summed E-state index contributed by atoms with van der Waals surface area (Å²) in [4.78, 5) is 4.11. The van der Waals surface area contributed by atoms with Gasteiger partial charge in [-0.2, -0.15) is 0 Å². The van der Waals surface area contributed by atoms with Gasteiger partial charge in [0.1, 0.15) is 6.10 Å². The minimum Gasteiger partial charge on any atom is -0.349 e. The van der Waals surface area contributed by atoms with E-state index >= 15 is 0 Å². The normalized spacial score (nSPS) is 36.1. The van der Waals surface area contributed by atoms with Gasteiger partial charge >= 0.3 is 0 Å². The molecule has 0 aliphatic carbocycles. The smallest absolute Gasteiger partial charge is 0.184 e. The lowest BCUT2D eigenvalue weighted by Crippen LogP contribution is -2.28. The van der Waals surface area contributed by atoms with E-state index in [4.69, 9.17) is 9.47 Å². The zero-order valence-electron chi connectivity index (χ0n) is 10.2. The number of aryl methyl sites for hydroxylation is 1. The number of rotatable bonds is 3. The molecule has 3 rings (SSSR count). The molecule has 17 heavy (non-hydrogen) atoms. The van der Waals surface area contributed by atoms with Crippen molar-refractivity contribution in [1.29, 1.82) is 0 Å². The zero-order valence-corrected chi connectivity index (χ0v) is 10.2. The topological polar surface area (TPSA) is 39.6 Å². The summed E-state index contributed by atoms with van der Waals surface area (Å²) >= 11 is 0. The SMILES string of the molecule is CC1C(C=CCc2cncn2C)COC2OC21. The van der Waals surface area contributed by atoms with Crippen molar-refractivity contribution in [2.45, 2.75) is 25.7 Å². The van der Waals surface area contributed by atoms with Crippen molar-refractivity contribution in [2.24, 2.45) is 18.9 Å². The molecule has 0 radical (unpaired) electrons. The van der Waals surface area contributed by atoms with E-state index in [1.807, 2.05) is 24.1 Å². The molecule has 2 fully saturated rings. The predicted molar refractivity (Wildman–Crippen MR) is 63.3 cm³/mol. The Kier molecular flexibility index (Phi) is 2.76. The first-order valence-electron chi connectivity index (χ1n) is 6.14. The highest BCUT2D eigenvalue weighted by Gasteiger charge is 2.50. The Morgan fingerprint density at radius 3 is 3.24 bits per heavy atom. The molecule has 92 valence electrons. The lowest BCUT2D eigenvalue weighted by atomic mass is 9.89. The molecule has 4 atom stereocenters. The van der Waals surface area contributed by atoms with Crippen LogP contribution < -0.4 is 0 Å². The van der Waals surface area contributed by atoms with E-state index in [0.717, 1.165) is 13.0 Å². The fraction of sp³-hybridized carbons (Fsp3) is 0.615. The van der Waals surface area contributed by atoms with E-state index in [1.165, 1.54) is 5.69 Å². The van der Waals surface area contributed by atoms with Crippen molar-refractivity contribution in [2.75, 3.05) is 6.61 Å². The molecule has 4 unspecified atom stereocenters. The molecule has 0 amide bonds. The van der Waals surface area contributed by atoms with Gasteiger partial charge in [-0.15, -0.1) is 0 Å². The van der Waals surface area contributed by atoms with Crippen molar-refractivity contribution in [1.82, 2.24) is 9.55 Å². The monoisotopic (exact) mass is 234 g/mol. The van der Waals surface area contributed by atoms with Crippen LogP contribution in [-0.4, -0.2) is 28.6 Å². The van der Waals surface area contributed by atoms with Crippen LogP contribution in [0.2, 0.25) is 0 Å². The van der Waals surface area contributed by atoms with E-state index in [1.54, 1.807) is 0 Å². The highest BCUT2D eigenvalue weighted by Crippen LogP contribution is 2.39. The van der Waals surface area contributed by atoms with E-state index < -0.39 is 0 Å². The van der Waals surface area contributed by atoms with Crippen LogP contribution >= 0.6 is 0 Å². The van der Waals surface area contributed by atoms with Crippen molar-refractivity contribution in [3.63, 3.8) is 0 Å². The van der Waals surface area contributed by atoms with Crippen LogP contribution in [0.5, 0.6) is 0 Å². The summed E-state index contributed by atoms with van der Waals surface area (Å²) in [5.74, 6) is 1.04. The first kappa shape index (κ1) is 11.0. The van der Waals surface area contributed by atoms with E-state index in [-0.39, 0.29) is 6.29 Å². The predicted octanol–water partition coefficient (Wildman–Crippen LogP) is 1.53. The Balaban J connectivity index is 1.57. The summed E-state index contributed by atoms with van der Waals surface area (Å²) in [6.45, 7) is 3.02. The van der Waals surface area contributed by atoms with Crippen LogP contribution in [0, 0.1) is 11.8 Å². The standard InChI is InChI=1S/C13H18N2O2/c1-9-10(7-16-13-12(9)17-13)4-3-5-11-6-14-8-15(11)2/h3-4,6,8-10,12-13H,5,7H2,1-2H3. The fourth-order valence-electron chi connectivity index (χ4n) is 2.39. The van der Waals surface area contributed by atoms with Crippen LogP contribution in [0.4, 0.5) is 0 Å². The van der Waals surface area contributed by atoms with Gasteiger partial charge in [0.05, 0.1) is 12.9 Å². The molecule has 1 aromatic heterocycles. The van der Waals surface area contributed by atoms with Gasteiger partial charge in [0.25, 0.3) is 0 Å². The first-order valence-corrected chi connectivity index (χ1v) is 6.14. The Bertz CT molecular complexity index is 427. The Hall–Kier alpha value is -1.13. The number of aromatic nitrogens is 2. The lowest BCUT2D eigenvalue weighted by molar-refractivity contribution is 0.0196. The summed E-state index contributed by atoms with van der Waals surface area (Å²) in [7, 11) is 2.02. The number of hydrogen-bond acceptors (Lipinski definition) is 3. The minimum absolute atomic E-state index is 0.0896. The summed E-state index contributed by atoms with van der Waals surface area (Å²) in [5, 5.41) is 0. The van der Waals surface area contributed by atoms with Crippen LogP contribution in [0.3, 0.4) is 0 Å². The fourth-order valence-corrected chi connectivity index (χ4v) is 2.39. The average molecular weight is 234 g/mol. The molecule has 0 N–H and O–H groups in total. The number of imidazole rings is 1. The molecule has 4 nitrogen and oxygen atoms in total. The van der Waals surface area contributed by atoms with Crippen LogP contribution in [0.1, 0.15) is 12.6 Å². The van der Waals surface area contributed by atoms with Gasteiger partial charge in [-0.05, 0) is 5.92 Å². The molecular weight excluding hydrogens is 216 g/mol. The first-order chi connectivity index (χ1) is 8.25. The van der Waals surface area contributed by atoms with Crippen LogP contribution in [0.25, 0.3) is 0 Å². The van der Waals surface area contributed by atoms with Crippen molar-refractivity contribution in [3.8, 4) is 0 Å². The maximum Gasteiger partial charge on any atom is 0.184 e. The largest absolute Gasteiger partial charge is 0.349 e. The van der Waals surface area contributed by atoms with E-state index in [0.29, 0.717) is 17.9 Å². The summed E-state index contributed by atoms with van der Waals surface area (Å²) in [6, 6.07) is 0. The van der Waals surface area contributed by atoms with Crippen LogP contribution in [0.15, 0.2) is 24.7 Å². The lowest BCUT2D eigenvalue weighted by Gasteiger charge is -2.22. The molecule has 2 aliphatic heterocycles. The molecular formula is C13H18N2O2. The van der Waals surface area contributed by atoms with Gasteiger partial charge in [-0.3, -0.25) is 0 Å². The quantitative estimate of drug-likeness (QED) is 0.588. The van der Waals surface area contributed by atoms with Crippen LogP contribution in [-0.2, 0) is 22.9 Å².